The Morgan fingerprint density at radius 1 is 0.459 bits per heavy atom. The SMILES string of the molecule is CCOc1ccc(-c2ccc(-c3ccc(-c4ccccc4)cc3)c(-c3ccc(OCC)cc3)c2F)cc1. The predicted octanol–water partition coefficient (Wildman–Crippen LogP) is 9.29. The summed E-state index contributed by atoms with van der Waals surface area (Å²) in [6.45, 7) is 5.07. The average Bonchev–Trinajstić information content (AvgIpc) is 2.95. The van der Waals surface area contributed by atoms with Crippen LogP contribution in [0.2, 0.25) is 0 Å². The highest BCUT2D eigenvalue weighted by Crippen LogP contribution is 2.40. The van der Waals surface area contributed by atoms with Gasteiger partial charge in [-0.2, -0.15) is 0 Å². The number of hydrogen-bond acceptors (Lipinski definition) is 2. The molecule has 0 N–H and O–H groups in total. The molecule has 0 unspecified atom stereocenters. The van der Waals surface area contributed by atoms with Crippen LogP contribution < -0.4 is 9.47 Å². The van der Waals surface area contributed by atoms with Crippen LogP contribution in [-0.2, 0) is 0 Å². The van der Waals surface area contributed by atoms with E-state index in [0.29, 0.717) is 24.3 Å². The van der Waals surface area contributed by atoms with E-state index in [2.05, 4.69) is 36.4 Å². The lowest BCUT2D eigenvalue weighted by Gasteiger charge is -2.16. The van der Waals surface area contributed by atoms with Crippen molar-refractivity contribution in [3.8, 4) is 56.0 Å². The molecule has 0 fully saturated rings. The minimum Gasteiger partial charge on any atom is -0.494 e. The van der Waals surface area contributed by atoms with E-state index >= 15 is 4.39 Å². The summed E-state index contributed by atoms with van der Waals surface area (Å²) in [6, 6.07) is 37.6. The van der Waals surface area contributed by atoms with Crippen LogP contribution in [0.3, 0.4) is 0 Å². The van der Waals surface area contributed by atoms with Gasteiger partial charge in [0, 0.05) is 11.1 Å². The Morgan fingerprint density at radius 2 is 0.892 bits per heavy atom. The summed E-state index contributed by atoms with van der Waals surface area (Å²) < 4.78 is 27.5. The van der Waals surface area contributed by atoms with Crippen molar-refractivity contribution >= 4 is 0 Å². The fraction of sp³-hybridized carbons (Fsp3) is 0.118. The van der Waals surface area contributed by atoms with E-state index in [0.717, 1.165) is 44.9 Å². The zero-order chi connectivity index (χ0) is 25.6. The van der Waals surface area contributed by atoms with E-state index in [1.54, 1.807) is 0 Å². The fourth-order valence-electron chi connectivity index (χ4n) is 4.58. The number of ether oxygens (including phenoxy) is 2. The van der Waals surface area contributed by atoms with E-state index in [9.17, 15) is 0 Å². The second-order valence-electron chi connectivity index (χ2n) is 8.71. The summed E-state index contributed by atoms with van der Waals surface area (Å²) in [7, 11) is 0. The molecule has 5 rings (SSSR count). The van der Waals surface area contributed by atoms with Crippen LogP contribution in [0.15, 0.2) is 115 Å². The summed E-state index contributed by atoms with van der Waals surface area (Å²) in [6.07, 6.45) is 0. The van der Waals surface area contributed by atoms with Gasteiger partial charge in [0.25, 0.3) is 0 Å². The van der Waals surface area contributed by atoms with Gasteiger partial charge in [-0.15, -0.1) is 0 Å². The smallest absolute Gasteiger partial charge is 0.139 e. The maximum Gasteiger partial charge on any atom is 0.139 e. The topological polar surface area (TPSA) is 18.5 Å². The van der Waals surface area contributed by atoms with Gasteiger partial charge >= 0.3 is 0 Å². The molecule has 0 saturated heterocycles. The van der Waals surface area contributed by atoms with Crippen molar-refractivity contribution in [2.45, 2.75) is 13.8 Å². The second kappa shape index (κ2) is 11.1. The van der Waals surface area contributed by atoms with Gasteiger partial charge < -0.3 is 9.47 Å². The third-order valence-electron chi connectivity index (χ3n) is 6.38. The molecule has 37 heavy (non-hydrogen) atoms. The Morgan fingerprint density at radius 3 is 1.46 bits per heavy atom. The molecule has 0 aliphatic heterocycles. The number of benzene rings is 5. The minimum absolute atomic E-state index is 0.252. The molecule has 0 aliphatic carbocycles. The van der Waals surface area contributed by atoms with Crippen molar-refractivity contribution in [2.24, 2.45) is 0 Å². The van der Waals surface area contributed by atoms with Crippen LogP contribution in [0.4, 0.5) is 4.39 Å². The second-order valence-corrected chi connectivity index (χ2v) is 8.71. The van der Waals surface area contributed by atoms with Crippen LogP contribution in [0, 0.1) is 5.82 Å². The molecule has 0 amide bonds. The van der Waals surface area contributed by atoms with Crippen LogP contribution in [0.25, 0.3) is 44.5 Å². The number of halogens is 1. The maximum atomic E-state index is 16.4. The molecule has 2 nitrogen and oxygen atoms in total. The number of rotatable bonds is 8. The Bertz CT molecular complexity index is 1460. The van der Waals surface area contributed by atoms with Crippen molar-refractivity contribution in [1.29, 1.82) is 0 Å². The lowest BCUT2D eigenvalue weighted by Crippen LogP contribution is -1.96. The monoisotopic (exact) mass is 488 g/mol. The van der Waals surface area contributed by atoms with Crippen LogP contribution in [0.1, 0.15) is 13.8 Å². The largest absolute Gasteiger partial charge is 0.494 e. The first-order chi connectivity index (χ1) is 18.2. The van der Waals surface area contributed by atoms with Crippen molar-refractivity contribution in [3.05, 3.63) is 121 Å². The summed E-state index contributed by atoms with van der Waals surface area (Å²) in [5.41, 5.74) is 6.81. The molecule has 184 valence electrons. The molecule has 0 heterocycles. The molecular formula is C34H29FO2. The molecule has 0 radical (unpaired) electrons. The summed E-state index contributed by atoms with van der Waals surface area (Å²) in [5, 5.41) is 0. The van der Waals surface area contributed by atoms with Gasteiger partial charge in [0.2, 0.25) is 0 Å². The lowest BCUT2D eigenvalue weighted by atomic mass is 9.89. The van der Waals surface area contributed by atoms with E-state index in [-0.39, 0.29) is 5.82 Å². The summed E-state index contributed by atoms with van der Waals surface area (Å²) in [5.74, 6) is 1.29. The first kappa shape index (κ1) is 24.3. The van der Waals surface area contributed by atoms with Crippen molar-refractivity contribution in [2.75, 3.05) is 13.2 Å². The highest BCUT2D eigenvalue weighted by atomic mass is 19.1. The third kappa shape index (κ3) is 5.26. The lowest BCUT2D eigenvalue weighted by molar-refractivity contribution is 0.340. The molecule has 0 aromatic heterocycles. The zero-order valence-electron chi connectivity index (χ0n) is 21.1. The molecule has 5 aromatic carbocycles. The van der Waals surface area contributed by atoms with Crippen LogP contribution in [-0.4, -0.2) is 13.2 Å². The standard InChI is InChI=1S/C34H29FO2/c1-3-36-29-18-14-27(15-19-29)32-23-22-31(26-12-10-25(11-13-26)24-8-6-5-7-9-24)33(34(32)35)28-16-20-30(21-17-28)37-4-2/h5-23H,3-4H2,1-2H3. The quantitative estimate of drug-likeness (QED) is 0.217. The summed E-state index contributed by atoms with van der Waals surface area (Å²) in [4.78, 5) is 0. The van der Waals surface area contributed by atoms with Gasteiger partial charge in [0.15, 0.2) is 0 Å². The molecule has 0 spiro atoms. The first-order valence-electron chi connectivity index (χ1n) is 12.6. The molecule has 3 heteroatoms. The van der Waals surface area contributed by atoms with Gasteiger partial charge in [-0.25, -0.2) is 4.39 Å². The van der Waals surface area contributed by atoms with Crippen molar-refractivity contribution < 1.29 is 13.9 Å². The Labute approximate surface area is 218 Å². The maximum absolute atomic E-state index is 16.4. The molecule has 0 aliphatic rings. The van der Waals surface area contributed by atoms with Gasteiger partial charge in [0.05, 0.1) is 13.2 Å². The van der Waals surface area contributed by atoms with Gasteiger partial charge in [0.1, 0.15) is 17.3 Å². The Balaban J connectivity index is 1.61. The molecule has 0 bridgehead atoms. The van der Waals surface area contributed by atoms with Crippen molar-refractivity contribution in [3.63, 3.8) is 0 Å². The Kier molecular flexibility index (Phi) is 7.32. The van der Waals surface area contributed by atoms with Gasteiger partial charge in [-0.3, -0.25) is 0 Å². The highest BCUT2D eigenvalue weighted by molar-refractivity contribution is 5.88. The van der Waals surface area contributed by atoms with Gasteiger partial charge in [-0.1, -0.05) is 91.0 Å². The third-order valence-corrected chi connectivity index (χ3v) is 6.38. The van der Waals surface area contributed by atoms with Gasteiger partial charge in [-0.05, 0) is 71.5 Å². The highest BCUT2D eigenvalue weighted by Gasteiger charge is 2.18. The molecule has 0 saturated carbocycles. The number of hydrogen-bond donors (Lipinski definition) is 0. The predicted molar refractivity (Wildman–Crippen MR) is 150 cm³/mol. The van der Waals surface area contributed by atoms with E-state index in [1.165, 1.54) is 0 Å². The van der Waals surface area contributed by atoms with E-state index < -0.39 is 0 Å². The van der Waals surface area contributed by atoms with E-state index in [4.69, 9.17) is 9.47 Å². The molecular weight excluding hydrogens is 459 g/mol. The molecule has 0 atom stereocenters. The average molecular weight is 489 g/mol. The zero-order valence-corrected chi connectivity index (χ0v) is 21.1. The first-order valence-corrected chi connectivity index (χ1v) is 12.6. The normalized spacial score (nSPS) is 10.8. The van der Waals surface area contributed by atoms with Crippen molar-refractivity contribution in [1.82, 2.24) is 0 Å². The van der Waals surface area contributed by atoms with Crippen LogP contribution in [0.5, 0.6) is 11.5 Å². The van der Waals surface area contributed by atoms with E-state index in [1.807, 2.05) is 92.7 Å². The summed E-state index contributed by atoms with van der Waals surface area (Å²) >= 11 is 0. The minimum atomic E-state index is -0.252. The molecule has 5 aromatic rings. The fourth-order valence-corrected chi connectivity index (χ4v) is 4.58. The van der Waals surface area contributed by atoms with Crippen LogP contribution >= 0.6 is 0 Å². The Hall–Kier alpha value is -4.37.